The molecule has 0 aliphatic rings. The van der Waals surface area contributed by atoms with Crippen molar-refractivity contribution < 1.29 is 17.9 Å². The Bertz CT molecular complexity index is 646. The molecule has 2 rings (SSSR count). The average Bonchev–Trinajstić information content (AvgIpc) is 2.38. The van der Waals surface area contributed by atoms with Gasteiger partial charge in [-0.05, 0) is 31.2 Å². The van der Waals surface area contributed by atoms with Crippen LogP contribution in [0.3, 0.4) is 0 Å². The number of rotatable bonds is 1. The lowest BCUT2D eigenvalue weighted by Crippen LogP contribution is -2.17. The molecular formula is C16H11F3O. The van der Waals surface area contributed by atoms with Crippen molar-refractivity contribution in [2.75, 3.05) is 0 Å². The van der Waals surface area contributed by atoms with Gasteiger partial charge >= 0.3 is 6.36 Å². The van der Waals surface area contributed by atoms with Crippen LogP contribution in [0, 0.1) is 18.8 Å². The molecule has 0 fully saturated rings. The number of alkyl halides is 3. The van der Waals surface area contributed by atoms with E-state index < -0.39 is 6.36 Å². The Hall–Kier alpha value is -2.41. The first-order valence-electron chi connectivity index (χ1n) is 5.87. The molecule has 102 valence electrons. The van der Waals surface area contributed by atoms with Crippen molar-refractivity contribution in [3.8, 4) is 17.6 Å². The van der Waals surface area contributed by atoms with Crippen LogP contribution in [-0.4, -0.2) is 6.36 Å². The second kappa shape index (κ2) is 5.70. The predicted octanol–water partition coefficient (Wildman–Crippen LogP) is 4.29. The maximum Gasteiger partial charge on any atom is 0.573 e. The normalized spacial score (nSPS) is 10.6. The molecule has 0 radical (unpaired) electrons. The second-order valence-corrected chi connectivity index (χ2v) is 4.16. The van der Waals surface area contributed by atoms with Crippen molar-refractivity contribution in [3.63, 3.8) is 0 Å². The van der Waals surface area contributed by atoms with Crippen LogP contribution in [0.25, 0.3) is 0 Å². The number of para-hydroxylation sites is 1. The Kier molecular flexibility index (Phi) is 3.99. The number of hydrogen-bond acceptors (Lipinski definition) is 1. The van der Waals surface area contributed by atoms with E-state index in [1.807, 2.05) is 31.2 Å². The van der Waals surface area contributed by atoms with Crippen molar-refractivity contribution in [1.29, 1.82) is 0 Å². The molecule has 0 bridgehead atoms. The minimum Gasteiger partial charge on any atom is -0.404 e. The SMILES string of the molecule is Cc1ccc(C#Cc2ccccc2OC(F)(F)F)cc1. The van der Waals surface area contributed by atoms with Crippen LogP contribution in [0.4, 0.5) is 13.2 Å². The van der Waals surface area contributed by atoms with Gasteiger partial charge in [-0.15, -0.1) is 13.2 Å². The summed E-state index contributed by atoms with van der Waals surface area (Å²) in [5.41, 5.74) is 2.03. The topological polar surface area (TPSA) is 9.23 Å². The zero-order valence-corrected chi connectivity index (χ0v) is 10.7. The van der Waals surface area contributed by atoms with Gasteiger partial charge in [0.2, 0.25) is 0 Å². The monoisotopic (exact) mass is 276 g/mol. The van der Waals surface area contributed by atoms with E-state index >= 15 is 0 Å². The summed E-state index contributed by atoms with van der Waals surface area (Å²) in [6.07, 6.45) is -4.72. The first-order chi connectivity index (χ1) is 9.44. The Morgan fingerprint density at radius 2 is 1.55 bits per heavy atom. The van der Waals surface area contributed by atoms with Crippen molar-refractivity contribution >= 4 is 0 Å². The largest absolute Gasteiger partial charge is 0.573 e. The molecule has 0 aromatic heterocycles. The van der Waals surface area contributed by atoms with Crippen LogP contribution in [-0.2, 0) is 0 Å². The highest BCUT2D eigenvalue weighted by atomic mass is 19.4. The van der Waals surface area contributed by atoms with Crippen LogP contribution in [0.1, 0.15) is 16.7 Å². The highest BCUT2D eigenvalue weighted by Crippen LogP contribution is 2.25. The Balaban J connectivity index is 2.28. The molecule has 0 N–H and O–H groups in total. The van der Waals surface area contributed by atoms with Crippen molar-refractivity contribution in [3.05, 3.63) is 65.2 Å². The third-order valence-corrected chi connectivity index (χ3v) is 2.51. The van der Waals surface area contributed by atoms with E-state index in [0.29, 0.717) is 0 Å². The average molecular weight is 276 g/mol. The van der Waals surface area contributed by atoms with E-state index in [2.05, 4.69) is 16.6 Å². The van der Waals surface area contributed by atoms with Gasteiger partial charge < -0.3 is 4.74 Å². The first-order valence-corrected chi connectivity index (χ1v) is 5.87. The quantitative estimate of drug-likeness (QED) is 0.706. The van der Waals surface area contributed by atoms with Crippen LogP contribution in [0.2, 0.25) is 0 Å². The van der Waals surface area contributed by atoms with Gasteiger partial charge in [-0.25, -0.2) is 0 Å². The Morgan fingerprint density at radius 3 is 2.20 bits per heavy atom. The molecule has 20 heavy (non-hydrogen) atoms. The third-order valence-electron chi connectivity index (χ3n) is 2.51. The molecule has 2 aromatic carbocycles. The first kappa shape index (κ1) is 14.0. The summed E-state index contributed by atoms with van der Waals surface area (Å²) in [4.78, 5) is 0. The maximum atomic E-state index is 12.3. The molecule has 1 nitrogen and oxygen atoms in total. The summed E-state index contributed by atoms with van der Waals surface area (Å²) in [6, 6.07) is 13.2. The molecule has 0 spiro atoms. The number of benzene rings is 2. The Labute approximate surface area is 115 Å². The Morgan fingerprint density at radius 1 is 0.900 bits per heavy atom. The van der Waals surface area contributed by atoms with Crippen LogP contribution in [0.5, 0.6) is 5.75 Å². The molecular weight excluding hydrogens is 265 g/mol. The minimum atomic E-state index is -4.72. The number of aryl methyl sites for hydroxylation is 1. The zero-order chi connectivity index (χ0) is 14.6. The third kappa shape index (κ3) is 4.06. The van der Waals surface area contributed by atoms with Gasteiger partial charge in [0.15, 0.2) is 0 Å². The molecule has 2 aromatic rings. The van der Waals surface area contributed by atoms with E-state index in [-0.39, 0.29) is 11.3 Å². The van der Waals surface area contributed by atoms with Crippen LogP contribution in [0.15, 0.2) is 48.5 Å². The molecule has 0 saturated carbocycles. The second-order valence-electron chi connectivity index (χ2n) is 4.16. The summed E-state index contributed by atoms with van der Waals surface area (Å²) in [5, 5.41) is 0. The van der Waals surface area contributed by atoms with E-state index in [1.165, 1.54) is 18.2 Å². The highest BCUT2D eigenvalue weighted by molar-refractivity contribution is 5.49. The fourth-order valence-electron chi connectivity index (χ4n) is 1.56. The molecule has 0 heterocycles. The van der Waals surface area contributed by atoms with Gasteiger partial charge in [-0.3, -0.25) is 0 Å². The van der Waals surface area contributed by atoms with Crippen molar-refractivity contribution in [1.82, 2.24) is 0 Å². The summed E-state index contributed by atoms with van der Waals surface area (Å²) < 4.78 is 40.7. The van der Waals surface area contributed by atoms with Gasteiger partial charge in [0.25, 0.3) is 0 Å². The fourth-order valence-corrected chi connectivity index (χ4v) is 1.56. The lowest BCUT2D eigenvalue weighted by Gasteiger charge is -2.09. The number of halogens is 3. The van der Waals surface area contributed by atoms with Gasteiger partial charge in [-0.2, -0.15) is 0 Å². The molecule has 0 aliphatic heterocycles. The van der Waals surface area contributed by atoms with E-state index in [1.54, 1.807) is 6.07 Å². The van der Waals surface area contributed by atoms with Crippen molar-refractivity contribution in [2.45, 2.75) is 13.3 Å². The van der Waals surface area contributed by atoms with E-state index in [4.69, 9.17) is 0 Å². The molecule has 0 atom stereocenters. The molecule has 4 heteroatoms. The highest BCUT2D eigenvalue weighted by Gasteiger charge is 2.31. The standard InChI is InChI=1S/C16H11F3O/c1-12-6-8-13(9-7-12)10-11-14-4-2-3-5-15(14)20-16(17,18)19/h2-9H,1H3. The summed E-state index contributed by atoms with van der Waals surface area (Å²) >= 11 is 0. The maximum absolute atomic E-state index is 12.3. The number of hydrogen-bond donors (Lipinski definition) is 0. The predicted molar refractivity (Wildman–Crippen MR) is 70.3 cm³/mol. The summed E-state index contributed by atoms with van der Waals surface area (Å²) in [6.45, 7) is 1.95. The lowest BCUT2D eigenvalue weighted by atomic mass is 10.1. The van der Waals surface area contributed by atoms with Crippen molar-refractivity contribution in [2.24, 2.45) is 0 Å². The minimum absolute atomic E-state index is 0.199. The number of ether oxygens (including phenoxy) is 1. The van der Waals surface area contributed by atoms with Gasteiger partial charge in [0, 0.05) is 5.56 Å². The summed E-state index contributed by atoms with van der Waals surface area (Å²) in [7, 11) is 0. The molecule has 0 saturated heterocycles. The van der Waals surface area contributed by atoms with Gasteiger partial charge in [-0.1, -0.05) is 41.7 Å². The van der Waals surface area contributed by atoms with E-state index in [0.717, 1.165) is 11.1 Å². The molecule has 0 unspecified atom stereocenters. The lowest BCUT2D eigenvalue weighted by molar-refractivity contribution is -0.274. The van der Waals surface area contributed by atoms with Gasteiger partial charge in [0.05, 0.1) is 5.56 Å². The molecule has 0 amide bonds. The van der Waals surface area contributed by atoms with E-state index in [9.17, 15) is 13.2 Å². The van der Waals surface area contributed by atoms with Gasteiger partial charge in [0.1, 0.15) is 5.75 Å². The molecule has 0 aliphatic carbocycles. The van der Waals surface area contributed by atoms with Crippen LogP contribution >= 0.6 is 0 Å². The fraction of sp³-hybridized carbons (Fsp3) is 0.125. The summed E-state index contributed by atoms with van der Waals surface area (Å²) in [5.74, 6) is 5.22. The van der Waals surface area contributed by atoms with Crippen LogP contribution < -0.4 is 4.74 Å². The smallest absolute Gasteiger partial charge is 0.404 e. The zero-order valence-electron chi connectivity index (χ0n) is 10.7.